The third kappa shape index (κ3) is 4.27. The summed E-state index contributed by atoms with van der Waals surface area (Å²) in [5, 5.41) is 3.03. The minimum Gasteiger partial charge on any atom is -0.325 e. The number of para-hydroxylation sites is 1. The van der Waals surface area contributed by atoms with E-state index in [4.69, 9.17) is 0 Å². The molecule has 0 atom stereocenters. The molecule has 0 radical (unpaired) electrons. The monoisotopic (exact) mass is 412 g/mol. The Balaban J connectivity index is 1.25. The highest BCUT2D eigenvalue weighted by molar-refractivity contribution is 6.06. The maximum absolute atomic E-state index is 12.9. The van der Waals surface area contributed by atoms with Crippen LogP contribution in [0.15, 0.2) is 24.3 Å². The van der Waals surface area contributed by atoms with Gasteiger partial charge in [-0.1, -0.05) is 38.0 Å². The molecule has 1 N–H and O–H groups in total. The van der Waals surface area contributed by atoms with Gasteiger partial charge in [0.25, 0.3) is 0 Å². The summed E-state index contributed by atoms with van der Waals surface area (Å²) < 4.78 is 0. The lowest BCUT2D eigenvalue weighted by Gasteiger charge is -2.36. The molecule has 1 saturated carbocycles. The topological polar surface area (TPSA) is 73.0 Å². The van der Waals surface area contributed by atoms with Gasteiger partial charge >= 0.3 is 0 Å². The van der Waals surface area contributed by atoms with Crippen LogP contribution in [-0.2, 0) is 20.8 Å². The lowest BCUT2D eigenvalue weighted by Crippen LogP contribution is -2.52. The molecule has 1 spiro atoms. The zero-order valence-corrected chi connectivity index (χ0v) is 17.9. The van der Waals surface area contributed by atoms with E-state index in [1.54, 1.807) is 0 Å². The van der Waals surface area contributed by atoms with E-state index < -0.39 is 5.41 Å². The van der Waals surface area contributed by atoms with Gasteiger partial charge in [0.05, 0.1) is 18.6 Å². The molecule has 3 fully saturated rings. The van der Waals surface area contributed by atoms with E-state index in [-0.39, 0.29) is 17.7 Å². The second kappa shape index (κ2) is 8.86. The molecule has 3 amide bonds. The highest BCUT2D eigenvalue weighted by Gasteiger charge is 2.52. The number of rotatable bonds is 6. The SMILES string of the molecule is CCc1ccccc1NC(=O)CN1CCN(CN2C(=O)CC3(CCCC3)C2=O)CC1. The summed E-state index contributed by atoms with van der Waals surface area (Å²) in [5.41, 5.74) is 1.62. The zero-order valence-electron chi connectivity index (χ0n) is 17.9. The first-order chi connectivity index (χ1) is 14.5. The highest BCUT2D eigenvalue weighted by atomic mass is 16.2. The molecule has 3 aliphatic rings. The molecule has 0 bridgehead atoms. The number of carbonyl (C=O) groups is 3. The lowest BCUT2D eigenvalue weighted by atomic mass is 9.85. The van der Waals surface area contributed by atoms with Gasteiger partial charge in [0.15, 0.2) is 0 Å². The van der Waals surface area contributed by atoms with E-state index in [1.165, 1.54) is 4.90 Å². The third-order valence-corrected chi connectivity index (χ3v) is 6.90. The van der Waals surface area contributed by atoms with E-state index >= 15 is 0 Å². The van der Waals surface area contributed by atoms with Crippen molar-refractivity contribution in [3.63, 3.8) is 0 Å². The average Bonchev–Trinajstić information content (AvgIpc) is 3.30. The Morgan fingerprint density at radius 2 is 1.70 bits per heavy atom. The van der Waals surface area contributed by atoms with Crippen LogP contribution >= 0.6 is 0 Å². The molecule has 7 heteroatoms. The number of likely N-dealkylation sites (tertiary alicyclic amines) is 1. The molecule has 2 aliphatic heterocycles. The summed E-state index contributed by atoms with van der Waals surface area (Å²) in [6.07, 6.45) is 5.10. The summed E-state index contributed by atoms with van der Waals surface area (Å²) in [6.45, 7) is 5.84. The number of nitrogens with one attached hydrogen (secondary N) is 1. The zero-order chi connectivity index (χ0) is 21.1. The Morgan fingerprint density at radius 3 is 2.40 bits per heavy atom. The Morgan fingerprint density at radius 1 is 1.03 bits per heavy atom. The van der Waals surface area contributed by atoms with Gasteiger partial charge in [0, 0.05) is 38.3 Å². The molecular formula is C23H32N4O3. The van der Waals surface area contributed by atoms with Crippen LogP contribution in [0.5, 0.6) is 0 Å². The van der Waals surface area contributed by atoms with Crippen LogP contribution in [0.1, 0.15) is 44.6 Å². The average molecular weight is 413 g/mol. The van der Waals surface area contributed by atoms with Crippen molar-refractivity contribution >= 4 is 23.4 Å². The number of hydrogen-bond donors (Lipinski definition) is 1. The molecule has 4 rings (SSSR count). The van der Waals surface area contributed by atoms with Gasteiger partial charge in [-0.25, -0.2) is 0 Å². The van der Waals surface area contributed by atoms with Crippen LogP contribution in [0.3, 0.4) is 0 Å². The number of carbonyl (C=O) groups excluding carboxylic acids is 3. The van der Waals surface area contributed by atoms with Gasteiger partial charge in [-0.15, -0.1) is 0 Å². The number of imide groups is 1. The van der Waals surface area contributed by atoms with Crippen LogP contribution < -0.4 is 5.32 Å². The Kier molecular flexibility index (Phi) is 6.20. The van der Waals surface area contributed by atoms with Gasteiger partial charge in [-0.2, -0.15) is 0 Å². The first kappa shape index (κ1) is 21.0. The molecule has 7 nitrogen and oxygen atoms in total. The Hall–Kier alpha value is -2.25. The summed E-state index contributed by atoms with van der Waals surface area (Å²) in [6, 6.07) is 7.89. The van der Waals surface area contributed by atoms with Crippen LogP contribution in [0.4, 0.5) is 5.69 Å². The first-order valence-electron chi connectivity index (χ1n) is 11.2. The molecule has 2 saturated heterocycles. The predicted octanol–water partition coefficient (Wildman–Crippen LogP) is 2.08. The van der Waals surface area contributed by atoms with E-state index in [1.807, 2.05) is 24.3 Å². The van der Waals surface area contributed by atoms with Crippen LogP contribution in [0.2, 0.25) is 0 Å². The summed E-state index contributed by atoms with van der Waals surface area (Å²) in [5.74, 6) is 0.0251. The summed E-state index contributed by atoms with van der Waals surface area (Å²) in [7, 11) is 0. The third-order valence-electron chi connectivity index (χ3n) is 6.90. The van der Waals surface area contributed by atoms with Crippen molar-refractivity contribution in [2.24, 2.45) is 5.41 Å². The number of piperazine rings is 1. The van der Waals surface area contributed by atoms with Crippen molar-refractivity contribution in [2.75, 3.05) is 44.7 Å². The number of amides is 3. The summed E-state index contributed by atoms with van der Waals surface area (Å²) in [4.78, 5) is 43.6. The van der Waals surface area contributed by atoms with E-state index in [9.17, 15) is 14.4 Å². The molecule has 0 aromatic heterocycles. The van der Waals surface area contributed by atoms with Crippen LogP contribution in [0, 0.1) is 5.41 Å². The van der Waals surface area contributed by atoms with Crippen molar-refractivity contribution in [1.82, 2.24) is 14.7 Å². The minimum atomic E-state index is -0.397. The Labute approximate surface area is 178 Å². The molecule has 1 aliphatic carbocycles. The maximum atomic E-state index is 12.9. The number of hydrogen-bond acceptors (Lipinski definition) is 5. The van der Waals surface area contributed by atoms with Crippen molar-refractivity contribution in [1.29, 1.82) is 0 Å². The van der Waals surface area contributed by atoms with Crippen molar-refractivity contribution in [3.8, 4) is 0 Å². The van der Waals surface area contributed by atoms with Gasteiger partial charge in [-0.3, -0.25) is 29.1 Å². The molecule has 162 valence electrons. The molecule has 0 unspecified atom stereocenters. The number of anilines is 1. The van der Waals surface area contributed by atoms with Gasteiger partial charge < -0.3 is 5.32 Å². The molecule has 30 heavy (non-hydrogen) atoms. The standard InChI is InChI=1S/C23H32N4O3/c1-2-18-7-3-4-8-19(18)24-20(28)16-25-11-13-26(14-12-25)17-27-21(29)15-23(22(27)30)9-5-6-10-23/h3-4,7-8H,2,5-6,9-17H2,1H3,(H,24,28). The first-order valence-corrected chi connectivity index (χ1v) is 11.2. The molecule has 1 aromatic rings. The van der Waals surface area contributed by atoms with Gasteiger partial charge in [0.1, 0.15) is 0 Å². The fourth-order valence-electron chi connectivity index (χ4n) is 5.08. The molecule has 2 heterocycles. The minimum absolute atomic E-state index is 0.00239. The van der Waals surface area contributed by atoms with E-state index in [0.717, 1.165) is 69.5 Å². The summed E-state index contributed by atoms with van der Waals surface area (Å²) >= 11 is 0. The normalized spacial score (nSPS) is 22.2. The fraction of sp³-hybridized carbons (Fsp3) is 0.609. The van der Waals surface area contributed by atoms with Gasteiger partial charge in [-0.05, 0) is 30.9 Å². The van der Waals surface area contributed by atoms with Crippen molar-refractivity contribution in [2.45, 2.75) is 45.4 Å². The molecule has 1 aromatic carbocycles. The number of benzene rings is 1. The number of aryl methyl sites for hydroxylation is 1. The quantitative estimate of drug-likeness (QED) is 0.725. The van der Waals surface area contributed by atoms with E-state index in [0.29, 0.717) is 19.6 Å². The van der Waals surface area contributed by atoms with Gasteiger partial charge in [0.2, 0.25) is 17.7 Å². The van der Waals surface area contributed by atoms with Crippen LogP contribution in [-0.4, -0.2) is 71.8 Å². The number of nitrogens with zero attached hydrogens (tertiary/aromatic N) is 3. The largest absolute Gasteiger partial charge is 0.325 e. The van der Waals surface area contributed by atoms with Crippen molar-refractivity contribution in [3.05, 3.63) is 29.8 Å². The van der Waals surface area contributed by atoms with Crippen LogP contribution in [0.25, 0.3) is 0 Å². The molecular weight excluding hydrogens is 380 g/mol. The maximum Gasteiger partial charge on any atom is 0.238 e. The predicted molar refractivity (Wildman–Crippen MR) is 115 cm³/mol. The van der Waals surface area contributed by atoms with E-state index in [2.05, 4.69) is 22.0 Å². The smallest absolute Gasteiger partial charge is 0.238 e. The Bertz CT molecular complexity index is 810. The second-order valence-corrected chi connectivity index (χ2v) is 8.89. The lowest BCUT2D eigenvalue weighted by molar-refractivity contribution is -0.144. The second-order valence-electron chi connectivity index (χ2n) is 8.89. The fourth-order valence-corrected chi connectivity index (χ4v) is 5.08. The van der Waals surface area contributed by atoms with Crippen molar-refractivity contribution < 1.29 is 14.4 Å². The highest BCUT2D eigenvalue weighted by Crippen LogP contribution is 2.46.